The van der Waals surface area contributed by atoms with E-state index in [9.17, 15) is 0 Å². The molecule has 0 unspecified atom stereocenters. The number of hydrogen-bond donors (Lipinski definition) is 0. The van der Waals surface area contributed by atoms with Gasteiger partial charge in [0.1, 0.15) is 0 Å². The third-order valence-corrected chi connectivity index (χ3v) is 1.14. The van der Waals surface area contributed by atoms with Crippen LogP contribution in [0.5, 0.6) is 0 Å². The standard InChI is InChI=1S/C8H10N2/c1-8(2)6-4-3-5-7-9-10-8/h3-4,6-7H,1-2H3/b6-4-,10-9?. The Morgan fingerprint density at radius 3 is 3.00 bits per heavy atom. The molecule has 10 heavy (non-hydrogen) atoms. The van der Waals surface area contributed by atoms with Gasteiger partial charge in [0, 0.05) is 0 Å². The Labute approximate surface area is 60.7 Å². The molecule has 0 N–H and O–H groups in total. The van der Waals surface area contributed by atoms with Crippen molar-refractivity contribution >= 4 is 0 Å². The monoisotopic (exact) mass is 134 g/mol. The van der Waals surface area contributed by atoms with Crippen molar-refractivity contribution in [1.29, 1.82) is 0 Å². The van der Waals surface area contributed by atoms with Gasteiger partial charge >= 0.3 is 0 Å². The lowest BCUT2D eigenvalue weighted by Gasteiger charge is -2.10. The summed E-state index contributed by atoms with van der Waals surface area (Å²) in [5.41, 5.74) is 2.66. The van der Waals surface area contributed by atoms with Crippen LogP contribution in [-0.2, 0) is 0 Å². The second kappa shape index (κ2) is 2.63. The number of allylic oxidation sites excluding steroid dienone is 2. The zero-order valence-corrected chi connectivity index (χ0v) is 6.20. The van der Waals surface area contributed by atoms with Gasteiger partial charge in [-0.2, -0.15) is 10.2 Å². The summed E-state index contributed by atoms with van der Waals surface area (Å²) < 4.78 is 0. The summed E-state index contributed by atoms with van der Waals surface area (Å²) in [6, 6.07) is 0. The minimum atomic E-state index is -0.172. The van der Waals surface area contributed by atoms with Crippen LogP contribution in [0.2, 0.25) is 0 Å². The molecule has 0 radical (unpaired) electrons. The number of hydrogen-bond acceptors (Lipinski definition) is 2. The highest BCUT2D eigenvalue weighted by Crippen LogP contribution is 2.12. The molecular formula is C8H10N2. The first-order chi connectivity index (χ1) is 4.71. The van der Waals surface area contributed by atoms with Crippen molar-refractivity contribution in [2.45, 2.75) is 19.4 Å². The van der Waals surface area contributed by atoms with E-state index in [1.165, 1.54) is 0 Å². The maximum atomic E-state index is 4.02. The molecule has 0 aromatic rings. The van der Waals surface area contributed by atoms with E-state index in [4.69, 9.17) is 0 Å². The summed E-state index contributed by atoms with van der Waals surface area (Å²) >= 11 is 0. The average Bonchev–Trinajstić information content (AvgIpc) is 1.81. The van der Waals surface area contributed by atoms with Crippen molar-refractivity contribution in [3.63, 3.8) is 0 Å². The Balaban J connectivity index is 2.90. The largest absolute Gasteiger partial charge is 0.178 e. The van der Waals surface area contributed by atoms with E-state index in [0.717, 1.165) is 0 Å². The Hall–Kier alpha value is -1.14. The van der Waals surface area contributed by atoms with Crippen LogP contribution in [0.25, 0.3) is 0 Å². The molecular weight excluding hydrogens is 124 g/mol. The van der Waals surface area contributed by atoms with Crippen LogP contribution in [0.1, 0.15) is 13.8 Å². The van der Waals surface area contributed by atoms with Gasteiger partial charge in [0.2, 0.25) is 0 Å². The Kier molecular flexibility index (Phi) is 1.83. The number of nitrogens with zero attached hydrogens (tertiary/aromatic N) is 2. The van der Waals surface area contributed by atoms with Gasteiger partial charge in [-0.05, 0) is 19.9 Å². The quantitative estimate of drug-likeness (QED) is 0.455. The van der Waals surface area contributed by atoms with Crippen molar-refractivity contribution in [3.8, 4) is 0 Å². The normalized spacial score (nSPS) is 23.8. The Morgan fingerprint density at radius 1 is 1.40 bits per heavy atom. The van der Waals surface area contributed by atoms with Crippen LogP contribution in [0, 0.1) is 0 Å². The third kappa shape index (κ3) is 2.00. The van der Waals surface area contributed by atoms with Crippen molar-refractivity contribution in [2.24, 2.45) is 10.2 Å². The summed E-state index contributed by atoms with van der Waals surface area (Å²) in [5, 5.41) is 7.81. The highest BCUT2D eigenvalue weighted by atomic mass is 15.1. The van der Waals surface area contributed by atoms with Crippen LogP contribution < -0.4 is 0 Å². The molecule has 0 fully saturated rings. The van der Waals surface area contributed by atoms with Gasteiger partial charge in [0.05, 0.1) is 11.7 Å². The SMILES string of the molecule is CC1(C)/C=C\C=C=CN=N1. The fraction of sp³-hybridized carbons (Fsp3) is 0.375. The molecule has 0 saturated heterocycles. The summed E-state index contributed by atoms with van der Waals surface area (Å²) in [5.74, 6) is 0. The van der Waals surface area contributed by atoms with E-state index in [0.29, 0.717) is 0 Å². The topological polar surface area (TPSA) is 24.7 Å². The predicted octanol–water partition coefficient (Wildman–Crippen LogP) is 2.46. The Bertz CT molecular complexity index is 208. The van der Waals surface area contributed by atoms with E-state index in [2.05, 4.69) is 16.0 Å². The van der Waals surface area contributed by atoms with Gasteiger partial charge in [0.15, 0.2) is 0 Å². The zero-order valence-electron chi connectivity index (χ0n) is 6.20. The van der Waals surface area contributed by atoms with Crippen molar-refractivity contribution < 1.29 is 0 Å². The lowest BCUT2D eigenvalue weighted by molar-refractivity contribution is 0.618. The second-order valence-electron chi connectivity index (χ2n) is 2.69. The average molecular weight is 134 g/mol. The van der Waals surface area contributed by atoms with Crippen molar-refractivity contribution in [1.82, 2.24) is 0 Å². The van der Waals surface area contributed by atoms with Crippen LogP contribution >= 0.6 is 0 Å². The molecule has 0 amide bonds. The van der Waals surface area contributed by atoms with Gasteiger partial charge < -0.3 is 0 Å². The Morgan fingerprint density at radius 2 is 2.20 bits per heavy atom. The lowest BCUT2D eigenvalue weighted by atomic mass is 10.1. The van der Waals surface area contributed by atoms with Crippen LogP contribution in [0.4, 0.5) is 0 Å². The molecule has 0 aliphatic carbocycles. The van der Waals surface area contributed by atoms with Crippen molar-refractivity contribution in [3.05, 3.63) is 30.2 Å². The van der Waals surface area contributed by atoms with Crippen LogP contribution in [0.3, 0.4) is 0 Å². The van der Waals surface area contributed by atoms with Gasteiger partial charge in [-0.3, -0.25) is 0 Å². The minimum Gasteiger partial charge on any atom is -0.178 e. The molecule has 0 saturated carbocycles. The van der Waals surface area contributed by atoms with Gasteiger partial charge in [-0.15, -0.1) is 0 Å². The summed E-state index contributed by atoms with van der Waals surface area (Å²) in [7, 11) is 0. The molecule has 1 heterocycles. The number of rotatable bonds is 0. The fourth-order valence-electron chi connectivity index (χ4n) is 0.627. The number of azo groups is 1. The zero-order chi connectivity index (χ0) is 7.45. The van der Waals surface area contributed by atoms with Gasteiger partial charge in [-0.25, -0.2) is 0 Å². The molecule has 0 aromatic carbocycles. The molecule has 1 aliphatic rings. The molecule has 1 rings (SSSR count). The van der Waals surface area contributed by atoms with Crippen LogP contribution in [0.15, 0.2) is 40.4 Å². The molecule has 0 spiro atoms. The highest BCUT2D eigenvalue weighted by Gasteiger charge is 2.10. The van der Waals surface area contributed by atoms with Crippen molar-refractivity contribution in [2.75, 3.05) is 0 Å². The maximum absolute atomic E-state index is 4.02. The first kappa shape index (κ1) is 6.97. The van der Waals surface area contributed by atoms with Gasteiger partial charge in [0.25, 0.3) is 0 Å². The van der Waals surface area contributed by atoms with E-state index >= 15 is 0 Å². The predicted molar refractivity (Wildman–Crippen MR) is 40.7 cm³/mol. The molecule has 1 aliphatic heterocycles. The molecule has 0 aromatic heterocycles. The lowest BCUT2D eigenvalue weighted by Crippen LogP contribution is -2.10. The van der Waals surface area contributed by atoms with Crippen LogP contribution in [-0.4, -0.2) is 5.54 Å². The second-order valence-corrected chi connectivity index (χ2v) is 2.69. The minimum absolute atomic E-state index is 0.172. The fourth-order valence-corrected chi connectivity index (χ4v) is 0.627. The maximum Gasteiger partial charge on any atom is 0.0947 e. The summed E-state index contributed by atoms with van der Waals surface area (Å²) in [4.78, 5) is 0. The van der Waals surface area contributed by atoms with E-state index in [1.54, 1.807) is 6.20 Å². The molecule has 0 bridgehead atoms. The molecule has 0 atom stereocenters. The molecule has 2 nitrogen and oxygen atoms in total. The third-order valence-electron chi connectivity index (χ3n) is 1.14. The first-order valence-corrected chi connectivity index (χ1v) is 3.21. The summed E-state index contributed by atoms with van der Waals surface area (Å²) in [6.07, 6.45) is 7.29. The first-order valence-electron chi connectivity index (χ1n) is 3.21. The van der Waals surface area contributed by atoms with E-state index in [1.807, 2.05) is 32.1 Å². The van der Waals surface area contributed by atoms with E-state index in [-0.39, 0.29) is 5.54 Å². The highest BCUT2D eigenvalue weighted by molar-refractivity contribution is 5.11. The summed E-state index contributed by atoms with van der Waals surface area (Å²) in [6.45, 7) is 4.00. The molecule has 52 valence electrons. The molecule has 2 heteroatoms. The van der Waals surface area contributed by atoms with E-state index < -0.39 is 0 Å². The smallest absolute Gasteiger partial charge is 0.0947 e. The van der Waals surface area contributed by atoms with Gasteiger partial charge in [-0.1, -0.05) is 17.9 Å².